The minimum atomic E-state index is -0.233. The summed E-state index contributed by atoms with van der Waals surface area (Å²) in [5.74, 6) is 1.18. The van der Waals surface area contributed by atoms with Crippen molar-refractivity contribution in [3.05, 3.63) is 53.3 Å². The maximum absolute atomic E-state index is 12.6. The number of nitrogens with one attached hydrogen (secondary N) is 1. The summed E-state index contributed by atoms with van der Waals surface area (Å²) in [6.07, 6.45) is 8.13. The number of hydrogen-bond donors (Lipinski definition) is 1. The van der Waals surface area contributed by atoms with Gasteiger partial charge in [-0.1, -0.05) is 43.1 Å². The number of benzene rings is 1. The fourth-order valence-electron chi connectivity index (χ4n) is 4.08. The monoisotopic (exact) mass is 466 g/mol. The van der Waals surface area contributed by atoms with Crippen molar-refractivity contribution in [2.75, 3.05) is 11.1 Å². The quantitative estimate of drug-likeness (QED) is 0.492. The first-order valence-corrected chi connectivity index (χ1v) is 11.9. The Morgan fingerprint density at radius 2 is 2.16 bits per heavy atom. The van der Waals surface area contributed by atoms with Gasteiger partial charge in [0.05, 0.1) is 17.0 Å². The van der Waals surface area contributed by atoms with Gasteiger partial charge < -0.3 is 5.32 Å². The first-order valence-electron chi connectivity index (χ1n) is 10.5. The Hall–Kier alpha value is -2.89. The van der Waals surface area contributed by atoms with E-state index in [9.17, 15) is 10.1 Å². The number of rotatable bonds is 6. The van der Waals surface area contributed by atoms with Gasteiger partial charge in [0, 0.05) is 29.0 Å². The molecular weight excluding hydrogens is 444 g/mol. The molecule has 0 bridgehead atoms. The van der Waals surface area contributed by atoms with E-state index >= 15 is 0 Å². The van der Waals surface area contributed by atoms with Crippen LogP contribution in [0.4, 0.5) is 5.69 Å². The van der Waals surface area contributed by atoms with Crippen LogP contribution < -0.4 is 5.32 Å². The molecule has 1 aromatic carbocycles. The van der Waals surface area contributed by atoms with E-state index in [2.05, 4.69) is 38.1 Å². The van der Waals surface area contributed by atoms with Crippen molar-refractivity contribution in [3.8, 4) is 17.5 Å². The van der Waals surface area contributed by atoms with E-state index in [1.54, 1.807) is 30.6 Å². The predicted molar refractivity (Wildman–Crippen MR) is 125 cm³/mol. The topological polar surface area (TPSA) is 96.5 Å². The standard InChI is InChI=1S/C23H23ClN6OS/c1-15-5-2-3-7-20(15)30-22(17-6-4-10-26-13-17)28-29-23(30)32-14-21(31)27-19-11-18(24)9-8-16(19)12-25/h4,6,8-11,13,15,20H,2-3,5,7,14H2,1H3,(H,27,31)/t15-,20+/m1/s1. The molecule has 0 radical (unpaired) electrons. The molecule has 9 heteroatoms. The predicted octanol–water partition coefficient (Wildman–Crippen LogP) is 5.35. The molecule has 1 fully saturated rings. The molecular formula is C23H23ClN6OS. The molecule has 0 saturated heterocycles. The fraction of sp³-hybridized carbons (Fsp3) is 0.348. The van der Waals surface area contributed by atoms with Crippen LogP contribution in [0.2, 0.25) is 5.02 Å². The molecule has 2 atom stereocenters. The van der Waals surface area contributed by atoms with Crippen molar-refractivity contribution < 1.29 is 4.79 Å². The van der Waals surface area contributed by atoms with Gasteiger partial charge in [-0.05, 0) is 49.1 Å². The molecule has 1 amide bonds. The third-order valence-electron chi connectivity index (χ3n) is 5.69. The summed E-state index contributed by atoms with van der Waals surface area (Å²) < 4.78 is 2.18. The van der Waals surface area contributed by atoms with Gasteiger partial charge in [0.1, 0.15) is 6.07 Å². The number of carbonyl (C=O) groups excluding carboxylic acids is 1. The van der Waals surface area contributed by atoms with Gasteiger partial charge in [0.2, 0.25) is 5.91 Å². The summed E-state index contributed by atoms with van der Waals surface area (Å²) >= 11 is 7.36. The molecule has 1 saturated carbocycles. The zero-order valence-electron chi connectivity index (χ0n) is 17.7. The second-order valence-electron chi connectivity index (χ2n) is 7.89. The minimum Gasteiger partial charge on any atom is -0.324 e. The molecule has 164 valence electrons. The third-order valence-corrected chi connectivity index (χ3v) is 6.87. The minimum absolute atomic E-state index is 0.143. The van der Waals surface area contributed by atoms with E-state index in [1.165, 1.54) is 18.2 Å². The molecule has 2 heterocycles. The Morgan fingerprint density at radius 3 is 2.91 bits per heavy atom. The summed E-state index contributed by atoms with van der Waals surface area (Å²) in [6, 6.07) is 11.0. The Labute approximate surface area is 196 Å². The lowest BCUT2D eigenvalue weighted by molar-refractivity contribution is -0.113. The molecule has 7 nitrogen and oxygen atoms in total. The van der Waals surface area contributed by atoms with E-state index in [0.717, 1.165) is 30.7 Å². The Balaban J connectivity index is 1.56. The van der Waals surface area contributed by atoms with Crippen LogP contribution in [0.5, 0.6) is 0 Å². The summed E-state index contributed by atoms with van der Waals surface area (Å²) in [5.41, 5.74) is 1.68. The average Bonchev–Trinajstić information content (AvgIpc) is 3.22. The average molecular weight is 467 g/mol. The second-order valence-corrected chi connectivity index (χ2v) is 9.26. The zero-order valence-corrected chi connectivity index (χ0v) is 19.2. The number of halogens is 1. The molecule has 4 rings (SSSR count). The maximum Gasteiger partial charge on any atom is 0.234 e. The van der Waals surface area contributed by atoms with Crippen molar-refractivity contribution in [1.82, 2.24) is 19.7 Å². The van der Waals surface area contributed by atoms with Crippen LogP contribution in [0, 0.1) is 17.2 Å². The highest BCUT2D eigenvalue weighted by Crippen LogP contribution is 2.38. The lowest BCUT2D eigenvalue weighted by Gasteiger charge is -2.31. The number of pyridine rings is 1. The van der Waals surface area contributed by atoms with Gasteiger partial charge in [-0.15, -0.1) is 10.2 Å². The number of anilines is 1. The fourth-order valence-corrected chi connectivity index (χ4v) is 5.04. The summed E-state index contributed by atoms with van der Waals surface area (Å²) in [6.45, 7) is 2.26. The van der Waals surface area contributed by atoms with Gasteiger partial charge in [-0.3, -0.25) is 14.3 Å². The van der Waals surface area contributed by atoms with Crippen molar-refractivity contribution in [3.63, 3.8) is 0 Å². The largest absolute Gasteiger partial charge is 0.324 e. The number of nitrogens with zero attached hydrogens (tertiary/aromatic N) is 5. The molecule has 1 aliphatic rings. The number of carbonyl (C=O) groups is 1. The van der Waals surface area contributed by atoms with Crippen molar-refractivity contribution in [2.24, 2.45) is 5.92 Å². The Bertz CT molecular complexity index is 1140. The smallest absolute Gasteiger partial charge is 0.234 e. The molecule has 3 aromatic rings. The highest BCUT2D eigenvalue weighted by atomic mass is 35.5. The number of nitriles is 1. The lowest BCUT2D eigenvalue weighted by atomic mass is 9.85. The summed E-state index contributed by atoms with van der Waals surface area (Å²) in [7, 11) is 0. The van der Waals surface area contributed by atoms with Crippen molar-refractivity contribution >= 4 is 35.0 Å². The van der Waals surface area contributed by atoms with Gasteiger partial charge >= 0.3 is 0 Å². The highest BCUT2D eigenvalue weighted by molar-refractivity contribution is 7.99. The molecule has 0 aliphatic heterocycles. The van der Waals surface area contributed by atoms with E-state index in [1.807, 2.05) is 12.1 Å². The van der Waals surface area contributed by atoms with Gasteiger partial charge in [-0.25, -0.2) is 0 Å². The number of aromatic nitrogens is 4. The van der Waals surface area contributed by atoms with E-state index in [4.69, 9.17) is 11.6 Å². The summed E-state index contributed by atoms with van der Waals surface area (Å²) in [5, 5.41) is 22.1. The molecule has 0 unspecified atom stereocenters. The van der Waals surface area contributed by atoms with Crippen molar-refractivity contribution in [1.29, 1.82) is 5.26 Å². The van der Waals surface area contributed by atoms with Crippen molar-refractivity contribution in [2.45, 2.75) is 43.8 Å². The first-order chi connectivity index (χ1) is 15.6. The maximum atomic E-state index is 12.6. The number of amides is 1. The van der Waals surface area contributed by atoms with Crippen LogP contribution in [-0.2, 0) is 4.79 Å². The number of hydrogen-bond acceptors (Lipinski definition) is 6. The van der Waals surface area contributed by atoms with Crippen LogP contribution >= 0.6 is 23.4 Å². The van der Waals surface area contributed by atoms with Crippen LogP contribution in [0.1, 0.15) is 44.2 Å². The molecule has 1 N–H and O–H groups in total. The van der Waals surface area contributed by atoms with Crippen LogP contribution in [0.3, 0.4) is 0 Å². The summed E-state index contributed by atoms with van der Waals surface area (Å²) in [4.78, 5) is 16.9. The normalized spacial score (nSPS) is 18.2. The lowest BCUT2D eigenvalue weighted by Crippen LogP contribution is -2.23. The van der Waals surface area contributed by atoms with E-state index in [0.29, 0.717) is 27.3 Å². The first kappa shape index (κ1) is 22.3. The molecule has 2 aromatic heterocycles. The SMILES string of the molecule is C[C@@H]1CCCC[C@@H]1n1c(SCC(=O)Nc2cc(Cl)ccc2C#N)nnc1-c1cccnc1. The number of thioether (sulfide) groups is 1. The Morgan fingerprint density at radius 1 is 1.31 bits per heavy atom. The van der Waals surface area contributed by atoms with Crippen LogP contribution in [0.15, 0.2) is 47.9 Å². The van der Waals surface area contributed by atoms with Gasteiger partial charge in [0.15, 0.2) is 11.0 Å². The van der Waals surface area contributed by atoms with E-state index < -0.39 is 0 Å². The molecule has 32 heavy (non-hydrogen) atoms. The van der Waals surface area contributed by atoms with Crippen LogP contribution in [0.25, 0.3) is 11.4 Å². The van der Waals surface area contributed by atoms with E-state index in [-0.39, 0.29) is 17.7 Å². The highest BCUT2D eigenvalue weighted by Gasteiger charge is 2.29. The zero-order chi connectivity index (χ0) is 22.5. The van der Waals surface area contributed by atoms with Gasteiger partial charge in [0.25, 0.3) is 0 Å². The van der Waals surface area contributed by atoms with Gasteiger partial charge in [-0.2, -0.15) is 5.26 Å². The third kappa shape index (κ3) is 4.95. The molecule has 0 spiro atoms. The van der Waals surface area contributed by atoms with Crippen LogP contribution in [-0.4, -0.2) is 31.4 Å². The Kier molecular flexibility index (Phi) is 7.08. The second kappa shape index (κ2) is 10.2. The molecule has 1 aliphatic carbocycles.